The number of furan rings is 1. The largest absolute Gasteiger partial charge is 0.438 e. The van der Waals surface area contributed by atoms with E-state index in [2.05, 4.69) is 274 Å². The number of rotatable bonds is 10. The van der Waals surface area contributed by atoms with Gasteiger partial charge >= 0.3 is 0 Å². The van der Waals surface area contributed by atoms with Crippen molar-refractivity contribution in [3.8, 4) is 0 Å². The molecule has 20 rings (SSSR count). The van der Waals surface area contributed by atoms with Crippen molar-refractivity contribution in [1.29, 1.82) is 0 Å². The van der Waals surface area contributed by atoms with Gasteiger partial charge < -0.3 is 25.7 Å². The normalized spacial score (nSPS) is 11.0. The van der Waals surface area contributed by atoms with Crippen LogP contribution < -0.4 is 21.3 Å². The summed E-state index contributed by atoms with van der Waals surface area (Å²) in [6, 6.07) is 116. The molecule has 100 heavy (non-hydrogen) atoms. The second kappa shape index (κ2) is 29.4. The van der Waals surface area contributed by atoms with Crippen molar-refractivity contribution in [3.05, 3.63) is 363 Å². The lowest BCUT2D eigenvalue weighted by Crippen LogP contribution is -1.90. The van der Waals surface area contributed by atoms with Gasteiger partial charge in [-0.3, -0.25) is 4.98 Å². The molecule has 0 fully saturated rings. The van der Waals surface area contributed by atoms with Crippen molar-refractivity contribution in [2.45, 2.75) is 6.42 Å². The first-order valence-electron chi connectivity index (χ1n) is 33.1. The zero-order valence-electron chi connectivity index (χ0n) is 54.1. The summed E-state index contributed by atoms with van der Waals surface area (Å²) in [5.74, 6) is 0. The molecular formula is C89H64N6OS4. The van der Waals surface area contributed by atoms with Crippen molar-refractivity contribution in [1.82, 2.24) is 9.97 Å². The summed E-state index contributed by atoms with van der Waals surface area (Å²) >= 11 is 7.43. The van der Waals surface area contributed by atoms with Crippen LogP contribution in [-0.4, -0.2) is 9.97 Å². The molecule has 0 spiro atoms. The van der Waals surface area contributed by atoms with Gasteiger partial charge in [0.1, 0.15) is 5.58 Å². The Morgan fingerprint density at radius 1 is 0.270 bits per heavy atom. The standard InChI is InChI=1S/C19H14S.3C18H13NS.C16H11N3O/c1-2-6-14(7-3-1)12-15-10-11-17-16-8-4-5-9-18(16)20-19(17)13-15;1-2-7-13(8-3-1)19-16-11-6-10-15-14-9-4-5-12-17(14)20-18(15)16;1-2-7-13(8-3-1)19-15-10-6-12-17-18(15)14-9-4-5-11-16(14)20-17;1-2-6-13(7-3-1)19-14-10-11-18-16(12-14)15-8-4-5-9-17(15)20-18;1-2-4-15-13(3-1)14-9-12(10-18-16(14)20-15)19-11-5-7-17-8-6-11/h1-11,13H,12H2;3*1-12,19H;1-10H,(H,17,19). The summed E-state index contributed by atoms with van der Waals surface area (Å²) in [4.78, 5) is 8.37. The van der Waals surface area contributed by atoms with Crippen LogP contribution >= 0.6 is 45.3 Å². The van der Waals surface area contributed by atoms with Crippen LogP contribution in [0.2, 0.25) is 0 Å². The van der Waals surface area contributed by atoms with Crippen molar-refractivity contribution < 1.29 is 4.42 Å². The highest BCUT2D eigenvalue weighted by molar-refractivity contribution is 7.27. The molecule has 13 aromatic carbocycles. The molecule has 0 saturated heterocycles. The molecule has 0 aliphatic heterocycles. The summed E-state index contributed by atoms with van der Waals surface area (Å²) in [6.07, 6.45) is 6.28. The lowest BCUT2D eigenvalue weighted by atomic mass is 10.0. The number of nitrogens with one attached hydrogen (secondary N) is 4. The smallest absolute Gasteiger partial charge is 0.227 e. The molecule has 20 aromatic rings. The summed E-state index contributed by atoms with van der Waals surface area (Å²) in [6.45, 7) is 0. The van der Waals surface area contributed by atoms with E-state index >= 15 is 0 Å². The minimum absolute atomic E-state index is 0.659. The molecule has 7 aromatic heterocycles. The van der Waals surface area contributed by atoms with Crippen molar-refractivity contribution in [2.24, 2.45) is 0 Å². The lowest BCUT2D eigenvalue weighted by molar-refractivity contribution is 0.654. The highest BCUT2D eigenvalue weighted by atomic mass is 32.1. The molecule has 11 heteroatoms. The number of fused-ring (bicyclic) bond motifs is 15. The first-order valence-corrected chi connectivity index (χ1v) is 36.4. The maximum atomic E-state index is 5.71. The molecule has 0 saturated carbocycles. The van der Waals surface area contributed by atoms with Gasteiger partial charge in [-0.2, -0.15) is 0 Å². The van der Waals surface area contributed by atoms with Gasteiger partial charge in [-0.15, -0.1) is 45.3 Å². The van der Waals surface area contributed by atoms with Gasteiger partial charge in [0.25, 0.3) is 0 Å². The third-order valence-electron chi connectivity index (χ3n) is 17.2. The molecule has 0 bridgehead atoms. The average molecular weight is 1360 g/mol. The number of nitrogens with zero attached hydrogens (tertiary/aromatic N) is 2. The number of anilines is 8. The molecule has 480 valence electrons. The van der Waals surface area contributed by atoms with E-state index < -0.39 is 0 Å². The lowest BCUT2D eigenvalue weighted by Gasteiger charge is -2.08. The van der Waals surface area contributed by atoms with Gasteiger partial charge in [0.05, 0.1) is 27.7 Å². The van der Waals surface area contributed by atoms with Gasteiger partial charge in [-0.05, 0) is 145 Å². The Hall–Kier alpha value is -12.0. The second-order valence-electron chi connectivity index (χ2n) is 24.0. The van der Waals surface area contributed by atoms with Crippen LogP contribution in [0.3, 0.4) is 0 Å². The van der Waals surface area contributed by atoms with Crippen molar-refractivity contribution >= 4 is 194 Å². The zero-order chi connectivity index (χ0) is 66.8. The SMILES string of the molecule is c1ccc(Cc2ccc3c(c2)sc2ccccc23)cc1.c1ccc(Nc2ccc3sc4ccccc4c3c2)cc1.c1ccc(Nc2cccc3c2sc2ccccc23)cc1.c1ccc(Nc2cccc3sc4ccccc4c23)cc1.c1ccc2c(c1)oc1ncc(Nc3ccncc3)cc12. The molecule has 0 atom stereocenters. The van der Waals surface area contributed by atoms with Crippen LogP contribution in [0, 0.1) is 0 Å². The first kappa shape index (κ1) is 62.8. The molecule has 0 radical (unpaired) electrons. The monoisotopic (exact) mass is 1360 g/mol. The van der Waals surface area contributed by atoms with Crippen LogP contribution in [-0.2, 0) is 6.42 Å². The van der Waals surface area contributed by atoms with Crippen molar-refractivity contribution in [2.75, 3.05) is 21.3 Å². The maximum Gasteiger partial charge on any atom is 0.227 e. The van der Waals surface area contributed by atoms with E-state index in [1.807, 2.05) is 136 Å². The Kier molecular flexibility index (Phi) is 18.5. The number of thiophene rings is 4. The van der Waals surface area contributed by atoms with E-state index in [9.17, 15) is 0 Å². The molecule has 0 aliphatic carbocycles. The minimum Gasteiger partial charge on any atom is -0.438 e. The van der Waals surface area contributed by atoms with E-state index in [1.54, 1.807) is 18.6 Å². The summed E-state index contributed by atoms with van der Waals surface area (Å²) < 4.78 is 16.5. The van der Waals surface area contributed by atoms with E-state index in [4.69, 9.17) is 4.42 Å². The fraction of sp³-hybridized carbons (Fsp3) is 0.0112. The van der Waals surface area contributed by atoms with E-state index in [1.165, 1.54) is 103 Å². The molecule has 7 heterocycles. The number of benzene rings is 13. The topological polar surface area (TPSA) is 87.0 Å². The summed E-state index contributed by atoms with van der Waals surface area (Å²) in [5, 5.41) is 26.6. The summed E-state index contributed by atoms with van der Waals surface area (Å²) in [7, 11) is 0. The Morgan fingerprint density at radius 3 is 1.42 bits per heavy atom. The zero-order valence-corrected chi connectivity index (χ0v) is 57.4. The number of pyridine rings is 2. The predicted octanol–water partition coefficient (Wildman–Crippen LogP) is 27.2. The maximum absolute atomic E-state index is 5.71. The summed E-state index contributed by atoms with van der Waals surface area (Å²) in [5.41, 5.74) is 13.0. The molecule has 0 unspecified atom stereocenters. The Labute approximate surface area is 594 Å². The molecule has 0 aliphatic rings. The Bertz CT molecular complexity index is 5970. The average Bonchev–Trinajstić information content (AvgIpc) is 1.67. The highest BCUT2D eigenvalue weighted by Gasteiger charge is 2.13. The minimum atomic E-state index is 0.659. The Balaban J connectivity index is 0.0000000972. The number of aromatic nitrogens is 2. The highest BCUT2D eigenvalue weighted by Crippen LogP contribution is 2.42. The van der Waals surface area contributed by atoms with Crippen LogP contribution in [0.25, 0.3) is 103 Å². The fourth-order valence-corrected chi connectivity index (χ4v) is 17.1. The molecule has 7 nitrogen and oxygen atoms in total. The quantitative estimate of drug-likeness (QED) is 0.109. The Morgan fingerprint density at radius 2 is 0.730 bits per heavy atom. The van der Waals surface area contributed by atoms with E-state index in [0.717, 1.165) is 56.9 Å². The second-order valence-corrected chi connectivity index (χ2v) is 28.3. The molecular weight excluding hydrogens is 1300 g/mol. The van der Waals surface area contributed by atoms with Crippen LogP contribution in [0.15, 0.2) is 357 Å². The van der Waals surface area contributed by atoms with E-state index in [-0.39, 0.29) is 0 Å². The predicted molar refractivity (Wildman–Crippen MR) is 435 cm³/mol. The third kappa shape index (κ3) is 14.1. The van der Waals surface area contributed by atoms with Crippen LogP contribution in [0.1, 0.15) is 11.1 Å². The van der Waals surface area contributed by atoms with Gasteiger partial charge in [0.2, 0.25) is 5.71 Å². The third-order valence-corrected chi connectivity index (χ3v) is 21.9. The van der Waals surface area contributed by atoms with Gasteiger partial charge in [-0.25, -0.2) is 4.98 Å². The van der Waals surface area contributed by atoms with Crippen LogP contribution in [0.5, 0.6) is 0 Å². The van der Waals surface area contributed by atoms with Gasteiger partial charge in [-0.1, -0.05) is 206 Å². The van der Waals surface area contributed by atoms with E-state index in [0.29, 0.717) is 5.71 Å². The molecule has 4 N–H and O–H groups in total. The van der Waals surface area contributed by atoms with Gasteiger partial charge in [0, 0.05) is 128 Å². The molecule has 0 amide bonds. The van der Waals surface area contributed by atoms with Crippen molar-refractivity contribution in [3.63, 3.8) is 0 Å². The van der Waals surface area contributed by atoms with Crippen LogP contribution in [0.4, 0.5) is 45.5 Å². The number of hydrogen-bond donors (Lipinski definition) is 4. The number of hydrogen-bond acceptors (Lipinski definition) is 11. The van der Waals surface area contributed by atoms with Gasteiger partial charge in [0.15, 0.2) is 0 Å². The first-order chi connectivity index (χ1) is 49.5. The number of para-hydroxylation sites is 4. The fourth-order valence-electron chi connectivity index (χ4n) is 12.6.